The van der Waals surface area contributed by atoms with Crippen molar-refractivity contribution in [1.82, 2.24) is 0 Å². The van der Waals surface area contributed by atoms with Crippen molar-refractivity contribution in [3.8, 4) is 11.8 Å². The summed E-state index contributed by atoms with van der Waals surface area (Å²) in [6, 6.07) is 0. The summed E-state index contributed by atoms with van der Waals surface area (Å²) < 4.78 is 16.1. The Bertz CT molecular complexity index is 280. The summed E-state index contributed by atoms with van der Waals surface area (Å²) in [5, 5.41) is 10.1. The van der Waals surface area contributed by atoms with Crippen molar-refractivity contribution in [1.29, 1.82) is 0 Å². The predicted octanol–water partition coefficient (Wildman–Crippen LogP) is 1.07. The van der Waals surface area contributed by atoms with Gasteiger partial charge < -0.3 is 19.3 Å². The van der Waals surface area contributed by atoms with Crippen LogP contribution in [0.15, 0.2) is 0 Å². The quantitative estimate of drug-likeness (QED) is 0.734. The van der Waals surface area contributed by atoms with Gasteiger partial charge in [0.1, 0.15) is 12.2 Å². The second-order valence-electron chi connectivity index (χ2n) is 4.55. The van der Waals surface area contributed by atoms with E-state index in [2.05, 4.69) is 11.8 Å². The first-order chi connectivity index (χ1) is 8.29. The van der Waals surface area contributed by atoms with Crippen LogP contribution in [0.1, 0.15) is 32.1 Å². The van der Waals surface area contributed by atoms with E-state index in [1.807, 2.05) is 0 Å². The molecule has 0 aromatic rings. The fraction of sp³-hybridized carbons (Fsp3) is 0.846. The molecular formula is C13H20O4. The van der Waals surface area contributed by atoms with Crippen LogP contribution in [0, 0.1) is 11.8 Å². The minimum absolute atomic E-state index is 0.109. The molecule has 0 amide bonds. The van der Waals surface area contributed by atoms with Gasteiger partial charge in [0.25, 0.3) is 0 Å². The summed E-state index contributed by atoms with van der Waals surface area (Å²) in [6.45, 7) is 2.27. The molecule has 2 aliphatic heterocycles. The van der Waals surface area contributed by atoms with Gasteiger partial charge >= 0.3 is 0 Å². The first-order valence-electron chi connectivity index (χ1n) is 6.32. The van der Waals surface area contributed by atoms with Crippen LogP contribution in [0.3, 0.4) is 0 Å². The van der Waals surface area contributed by atoms with E-state index in [4.69, 9.17) is 14.2 Å². The number of hydrogen-bond donors (Lipinski definition) is 1. The Morgan fingerprint density at radius 3 is 2.76 bits per heavy atom. The lowest BCUT2D eigenvalue weighted by Gasteiger charge is -2.26. The zero-order valence-electron chi connectivity index (χ0n) is 10.1. The van der Waals surface area contributed by atoms with Crippen molar-refractivity contribution in [3.63, 3.8) is 0 Å². The predicted molar refractivity (Wildman–Crippen MR) is 62.3 cm³/mol. The lowest BCUT2D eigenvalue weighted by Crippen LogP contribution is -2.34. The maximum absolute atomic E-state index is 10.1. The third-order valence-electron chi connectivity index (χ3n) is 3.12. The molecule has 1 atom stereocenters. The molecule has 1 unspecified atom stereocenters. The third kappa shape index (κ3) is 4.29. The SMILES string of the molecule is OC1(C#CCOC2CCCCO2)CCOCC1. The van der Waals surface area contributed by atoms with Crippen LogP contribution in [-0.2, 0) is 14.2 Å². The summed E-state index contributed by atoms with van der Waals surface area (Å²) in [6.07, 6.45) is 4.27. The minimum Gasteiger partial charge on any atom is -0.381 e. The Labute approximate surface area is 102 Å². The van der Waals surface area contributed by atoms with E-state index in [1.165, 1.54) is 0 Å². The van der Waals surface area contributed by atoms with Crippen LogP contribution in [-0.4, -0.2) is 43.4 Å². The van der Waals surface area contributed by atoms with Gasteiger partial charge in [0.15, 0.2) is 6.29 Å². The highest BCUT2D eigenvalue weighted by Gasteiger charge is 2.27. The van der Waals surface area contributed by atoms with Gasteiger partial charge in [-0.1, -0.05) is 11.8 Å². The van der Waals surface area contributed by atoms with E-state index >= 15 is 0 Å². The van der Waals surface area contributed by atoms with E-state index in [-0.39, 0.29) is 6.29 Å². The van der Waals surface area contributed by atoms with Gasteiger partial charge in [0, 0.05) is 19.4 Å². The van der Waals surface area contributed by atoms with E-state index < -0.39 is 5.60 Å². The standard InChI is InChI=1S/C13H20O4/c14-13(6-10-15-11-7-13)5-3-9-17-12-4-1-2-8-16-12/h12,14H,1-2,4,6-11H2. The number of rotatable bonds is 2. The Kier molecular flexibility index (Phi) is 4.81. The minimum atomic E-state index is -0.880. The molecule has 0 saturated carbocycles. The molecule has 4 nitrogen and oxygen atoms in total. The molecule has 1 N–H and O–H groups in total. The average molecular weight is 240 g/mol. The van der Waals surface area contributed by atoms with Gasteiger partial charge in [-0.05, 0) is 19.3 Å². The summed E-state index contributed by atoms with van der Waals surface area (Å²) in [7, 11) is 0. The maximum Gasteiger partial charge on any atom is 0.158 e. The van der Waals surface area contributed by atoms with Crippen molar-refractivity contribution in [2.45, 2.75) is 44.0 Å². The summed E-state index contributed by atoms with van der Waals surface area (Å²) >= 11 is 0. The van der Waals surface area contributed by atoms with Gasteiger partial charge in [-0.3, -0.25) is 0 Å². The molecule has 0 radical (unpaired) electrons. The van der Waals surface area contributed by atoms with Crippen molar-refractivity contribution in [3.05, 3.63) is 0 Å². The van der Waals surface area contributed by atoms with Crippen molar-refractivity contribution >= 4 is 0 Å². The lowest BCUT2D eigenvalue weighted by molar-refractivity contribution is -0.154. The topological polar surface area (TPSA) is 47.9 Å². The molecule has 2 aliphatic rings. The summed E-state index contributed by atoms with van der Waals surface area (Å²) in [5.41, 5.74) is -0.880. The van der Waals surface area contributed by atoms with E-state index in [0.29, 0.717) is 32.7 Å². The van der Waals surface area contributed by atoms with Crippen molar-refractivity contribution in [2.24, 2.45) is 0 Å². The van der Waals surface area contributed by atoms with Gasteiger partial charge in [0.05, 0.1) is 13.2 Å². The van der Waals surface area contributed by atoms with Crippen LogP contribution in [0.2, 0.25) is 0 Å². The number of ether oxygens (including phenoxy) is 3. The third-order valence-corrected chi connectivity index (χ3v) is 3.12. The summed E-state index contributed by atoms with van der Waals surface area (Å²) in [4.78, 5) is 0. The molecule has 0 spiro atoms. The largest absolute Gasteiger partial charge is 0.381 e. The Balaban J connectivity index is 1.69. The first kappa shape index (κ1) is 12.8. The molecule has 0 aliphatic carbocycles. The van der Waals surface area contributed by atoms with Crippen LogP contribution in [0.5, 0.6) is 0 Å². The van der Waals surface area contributed by atoms with Crippen LogP contribution in [0.25, 0.3) is 0 Å². The zero-order valence-corrected chi connectivity index (χ0v) is 10.1. The van der Waals surface area contributed by atoms with Crippen molar-refractivity contribution < 1.29 is 19.3 Å². The van der Waals surface area contributed by atoms with E-state index in [0.717, 1.165) is 25.9 Å². The molecule has 4 heteroatoms. The molecule has 0 aromatic carbocycles. The average Bonchev–Trinajstić information content (AvgIpc) is 2.37. The second kappa shape index (κ2) is 6.36. The van der Waals surface area contributed by atoms with Crippen molar-refractivity contribution in [2.75, 3.05) is 26.4 Å². The monoisotopic (exact) mass is 240 g/mol. The lowest BCUT2D eigenvalue weighted by atomic mass is 9.95. The second-order valence-corrected chi connectivity index (χ2v) is 4.55. The van der Waals surface area contributed by atoms with Gasteiger partial charge in [-0.2, -0.15) is 0 Å². The van der Waals surface area contributed by atoms with E-state index in [9.17, 15) is 5.11 Å². The van der Waals surface area contributed by atoms with Crippen LogP contribution in [0.4, 0.5) is 0 Å². The molecule has 2 rings (SSSR count). The normalized spacial score (nSPS) is 28.2. The van der Waals surface area contributed by atoms with Crippen LogP contribution < -0.4 is 0 Å². The highest BCUT2D eigenvalue weighted by Crippen LogP contribution is 2.19. The Hall–Kier alpha value is -0.600. The molecule has 2 saturated heterocycles. The van der Waals surface area contributed by atoms with Gasteiger partial charge in [-0.25, -0.2) is 0 Å². The smallest absolute Gasteiger partial charge is 0.158 e. The fourth-order valence-corrected chi connectivity index (χ4v) is 2.01. The van der Waals surface area contributed by atoms with Gasteiger partial charge in [-0.15, -0.1) is 0 Å². The van der Waals surface area contributed by atoms with Gasteiger partial charge in [0.2, 0.25) is 0 Å². The first-order valence-corrected chi connectivity index (χ1v) is 6.32. The Morgan fingerprint density at radius 2 is 2.06 bits per heavy atom. The fourth-order valence-electron chi connectivity index (χ4n) is 2.01. The van der Waals surface area contributed by atoms with E-state index in [1.54, 1.807) is 0 Å². The zero-order chi connectivity index (χ0) is 12.0. The van der Waals surface area contributed by atoms with Crippen LogP contribution >= 0.6 is 0 Å². The molecule has 0 bridgehead atoms. The molecule has 17 heavy (non-hydrogen) atoms. The molecule has 96 valence electrons. The maximum atomic E-state index is 10.1. The molecule has 0 aromatic heterocycles. The summed E-state index contributed by atoms with van der Waals surface area (Å²) in [5.74, 6) is 5.77. The molecule has 2 fully saturated rings. The Morgan fingerprint density at radius 1 is 1.24 bits per heavy atom. The molecular weight excluding hydrogens is 220 g/mol. The number of hydrogen-bond acceptors (Lipinski definition) is 4. The highest BCUT2D eigenvalue weighted by atomic mass is 16.7. The highest BCUT2D eigenvalue weighted by molar-refractivity contribution is 5.14. The number of aliphatic hydroxyl groups is 1. The molecule has 2 heterocycles.